The molecule has 1 aliphatic heterocycles. The second-order valence-corrected chi connectivity index (χ2v) is 7.16. The average molecular weight is 410 g/mol. The molecule has 7 nitrogen and oxygen atoms in total. The minimum Gasteiger partial charge on any atom is -0.494 e. The number of hydrogen-bond acceptors (Lipinski definition) is 5. The summed E-state index contributed by atoms with van der Waals surface area (Å²) < 4.78 is 10.6. The van der Waals surface area contributed by atoms with Gasteiger partial charge in [0.15, 0.2) is 6.10 Å². The number of ether oxygens (including phenoxy) is 2. The van der Waals surface area contributed by atoms with Crippen molar-refractivity contribution in [3.8, 4) is 5.75 Å². The predicted octanol–water partition coefficient (Wildman–Crippen LogP) is 2.72. The van der Waals surface area contributed by atoms with Gasteiger partial charge in [-0.05, 0) is 63.1 Å². The van der Waals surface area contributed by atoms with Crippen LogP contribution in [0.3, 0.4) is 0 Å². The summed E-state index contributed by atoms with van der Waals surface area (Å²) in [6.07, 6.45) is -0.186. The Morgan fingerprint density at radius 2 is 1.83 bits per heavy atom. The fourth-order valence-electron chi connectivity index (χ4n) is 3.51. The largest absolute Gasteiger partial charge is 0.494 e. The van der Waals surface area contributed by atoms with Crippen molar-refractivity contribution in [1.82, 2.24) is 5.32 Å². The number of nitrogens with one attached hydrogen (secondary N) is 1. The Hall–Kier alpha value is -3.35. The lowest BCUT2D eigenvalue weighted by molar-refractivity contribution is -0.152. The first kappa shape index (κ1) is 21.4. The van der Waals surface area contributed by atoms with E-state index in [2.05, 4.69) is 5.32 Å². The zero-order valence-corrected chi connectivity index (χ0v) is 17.4. The Balaban J connectivity index is 1.52. The van der Waals surface area contributed by atoms with E-state index in [1.54, 1.807) is 36.1 Å². The minimum atomic E-state index is -0.950. The molecule has 2 atom stereocenters. The molecular weight excluding hydrogens is 384 g/mol. The number of carbonyl (C=O) groups excluding carboxylic acids is 3. The molecule has 30 heavy (non-hydrogen) atoms. The van der Waals surface area contributed by atoms with Gasteiger partial charge in [0.2, 0.25) is 0 Å². The Morgan fingerprint density at radius 1 is 1.13 bits per heavy atom. The molecule has 0 bridgehead atoms. The number of anilines is 1. The maximum Gasteiger partial charge on any atom is 0.326 e. The maximum absolute atomic E-state index is 12.8. The first-order chi connectivity index (χ1) is 14.4. The van der Waals surface area contributed by atoms with Gasteiger partial charge in [0.05, 0.1) is 6.61 Å². The van der Waals surface area contributed by atoms with Crippen LogP contribution in [0.15, 0.2) is 48.5 Å². The summed E-state index contributed by atoms with van der Waals surface area (Å²) in [4.78, 5) is 38.9. The number of carbonyl (C=O) groups is 3. The van der Waals surface area contributed by atoms with Crippen LogP contribution in [-0.2, 0) is 20.7 Å². The van der Waals surface area contributed by atoms with Crippen molar-refractivity contribution in [3.05, 3.63) is 59.7 Å². The highest BCUT2D eigenvalue weighted by molar-refractivity contribution is 6.00. The summed E-state index contributed by atoms with van der Waals surface area (Å²) in [5.41, 5.74) is 2.35. The molecule has 0 saturated heterocycles. The Kier molecular flexibility index (Phi) is 6.72. The lowest BCUT2D eigenvalue weighted by Crippen LogP contribution is -2.44. The summed E-state index contributed by atoms with van der Waals surface area (Å²) in [7, 11) is 0. The van der Waals surface area contributed by atoms with Gasteiger partial charge in [0, 0.05) is 17.3 Å². The monoisotopic (exact) mass is 410 g/mol. The van der Waals surface area contributed by atoms with E-state index in [1.807, 2.05) is 38.1 Å². The highest BCUT2D eigenvalue weighted by Gasteiger charge is 2.34. The molecule has 2 amide bonds. The van der Waals surface area contributed by atoms with Gasteiger partial charge in [-0.1, -0.05) is 18.2 Å². The normalized spacial score (nSPS) is 15.8. The molecule has 0 fully saturated rings. The van der Waals surface area contributed by atoms with Crippen LogP contribution in [0.25, 0.3) is 0 Å². The number of fused-ring (bicyclic) bond motifs is 1. The molecule has 1 N–H and O–H groups in total. The molecule has 158 valence electrons. The molecule has 1 heterocycles. The minimum absolute atomic E-state index is 0.00425. The maximum atomic E-state index is 12.8. The van der Waals surface area contributed by atoms with Crippen LogP contribution < -0.4 is 15.0 Å². The number of amides is 2. The molecule has 2 aromatic rings. The Morgan fingerprint density at radius 3 is 2.53 bits per heavy atom. The summed E-state index contributed by atoms with van der Waals surface area (Å²) >= 11 is 0. The fraction of sp³-hybridized carbons (Fsp3) is 0.348. The van der Waals surface area contributed by atoms with Crippen LogP contribution in [0, 0.1) is 0 Å². The van der Waals surface area contributed by atoms with Crippen LogP contribution in [0.4, 0.5) is 5.69 Å². The lowest BCUT2D eigenvalue weighted by Gasteiger charge is -2.26. The molecular formula is C23H26N2O5. The van der Waals surface area contributed by atoms with E-state index >= 15 is 0 Å². The third-order valence-corrected chi connectivity index (χ3v) is 4.92. The lowest BCUT2D eigenvalue weighted by atomic mass is 10.1. The van der Waals surface area contributed by atoms with Crippen LogP contribution in [0.1, 0.15) is 36.7 Å². The van der Waals surface area contributed by atoms with Gasteiger partial charge in [-0.3, -0.25) is 14.4 Å². The fourth-order valence-corrected chi connectivity index (χ4v) is 3.51. The zero-order valence-electron chi connectivity index (χ0n) is 17.4. The van der Waals surface area contributed by atoms with Crippen LogP contribution in [0.2, 0.25) is 0 Å². The Labute approximate surface area is 176 Å². The van der Waals surface area contributed by atoms with E-state index in [0.717, 1.165) is 17.7 Å². The predicted molar refractivity (Wildman–Crippen MR) is 113 cm³/mol. The smallest absolute Gasteiger partial charge is 0.326 e. The summed E-state index contributed by atoms with van der Waals surface area (Å²) in [6, 6.07) is 14.3. The first-order valence-electron chi connectivity index (χ1n) is 10.0. The quantitative estimate of drug-likeness (QED) is 0.710. The second kappa shape index (κ2) is 9.43. The topological polar surface area (TPSA) is 84.9 Å². The van der Waals surface area contributed by atoms with Gasteiger partial charge >= 0.3 is 5.97 Å². The van der Waals surface area contributed by atoms with E-state index in [1.165, 1.54) is 0 Å². The van der Waals surface area contributed by atoms with Gasteiger partial charge in [-0.25, -0.2) is 0 Å². The molecule has 0 aliphatic carbocycles. The highest BCUT2D eigenvalue weighted by Crippen LogP contribution is 2.32. The molecule has 3 rings (SSSR count). The van der Waals surface area contributed by atoms with Crippen molar-refractivity contribution in [2.24, 2.45) is 0 Å². The number of esters is 1. The van der Waals surface area contributed by atoms with Crippen molar-refractivity contribution in [2.75, 3.05) is 18.1 Å². The summed E-state index contributed by atoms with van der Waals surface area (Å²) in [5.74, 6) is -0.691. The van der Waals surface area contributed by atoms with Gasteiger partial charge in [-0.2, -0.15) is 0 Å². The van der Waals surface area contributed by atoms with Crippen LogP contribution >= 0.6 is 0 Å². The molecule has 1 aliphatic rings. The average Bonchev–Trinajstić information content (AvgIpc) is 3.07. The summed E-state index contributed by atoms with van der Waals surface area (Å²) in [6.45, 7) is 5.60. The number of nitrogens with zero attached hydrogens (tertiary/aromatic N) is 1. The van der Waals surface area contributed by atoms with Crippen LogP contribution in [-0.4, -0.2) is 43.1 Å². The van der Waals surface area contributed by atoms with Crippen molar-refractivity contribution < 1.29 is 23.9 Å². The number of para-hydroxylation sites is 1. The number of hydrogen-bond donors (Lipinski definition) is 1. The molecule has 0 aromatic heterocycles. The number of benzene rings is 2. The van der Waals surface area contributed by atoms with Gasteiger partial charge in [0.1, 0.15) is 12.3 Å². The van der Waals surface area contributed by atoms with Gasteiger partial charge < -0.3 is 19.7 Å². The van der Waals surface area contributed by atoms with Gasteiger partial charge in [0.25, 0.3) is 11.8 Å². The van der Waals surface area contributed by atoms with Gasteiger partial charge in [-0.15, -0.1) is 0 Å². The molecule has 0 spiro atoms. The zero-order chi connectivity index (χ0) is 21.7. The summed E-state index contributed by atoms with van der Waals surface area (Å²) in [5, 5.41) is 2.51. The Bertz CT molecular complexity index is 925. The third-order valence-electron chi connectivity index (χ3n) is 4.92. The van der Waals surface area contributed by atoms with E-state index in [0.29, 0.717) is 17.9 Å². The third kappa shape index (κ3) is 4.79. The highest BCUT2D eigenvalue weighted by atomic mass is 16.5. The van der Waals surface area contributed by atoms with Crippen molar-refractivity contribution in [2.45, 2.75) is 39.3 Å². The SMILES string of the molecule is CCOc1ccc(C(=O)NCC(=O)O[C@@H](C)C(=O)N2c3ccccc3C[C@@H]2C)cc1. The van der Waals surface area contributed by atoms with E-state index in [9.17, 15) is 14.4 Å². The van der Waals surface area contributed by atoms with Crippen molar-refractivity contribution in [3.63, 3.8) is 0 Å². The van der Waals surface area contributed by atoms with E-state index in [-0.39, 0.29) is 18.5 Å². The molecule has 0 saturated carbocycles. The molecule has 2 aromatic carbocycles. The van der Waals surface area contributed by atoms with E-state index < -0.39 is 18.0 Å². The molecule has 0 radical (unpaired) electrons. The van der Waals surface area contributed by atoms with Crippen molar-refractivity contribution >= 4 is 23.5 Å². The number of rotatable bonds is 7. The first-order valence-corrected chi connectivity index (χ1v) is 10.0. The van der Waals surface area contributed by atoms with Crippen molar-refractivity contribution in [1.29, 1.82) is 0 Å². The van der Waals surface area contributed by atoms with E-state index in [4.69, 9.17) is 9.47 Å². The molecule has 0 unspecified atom stereocenters. The molecule has 7 heteroatoms. The standard InChI is InChI=1S/C23H26N2O5/c1-4-29-19-11-9-17(10-12-19)22(27)24-14-21(26)30-16(3)23(28)25-15(2)13-18-7-5-6-8-20(18)25/h5-12,15-16H,4,13-14H2,1-3H3,(H,24,27)/t15-,16-/m0/s1. The second-order valence-electron chi connectivity index (χ2n) is 7.16. The van der Waals surface area contributed by atoms with Crippen LogP contribution in [0.5, 0.6) is 5.75 Å².